The van der Waals surface area contributed by atoms with Gasteiger partial charge in [-0.25, -0.2) is 0 Å². The van der Waals surface area contributed by atoms with Crippen LogP contribution in [0.3, 0.4) is 0 Å². The van der Waals surface area contributed by atoms with E-state index in [0.717, 1.165) is 5.56 Å². The van der Waals surface area contributed by atoms with Crippen LogP contribution in [0, 0.1) is 6.92 Å². The zero-order valence-corrected chi connectivity index (χ0v) is 12.8. The first-order chi connectivity index (χ1) is 9.99. The van der Waals surface area contributed by atoms with Gasteiger partial charge in [-0.15, -0.1) is 0 Å². The molecule has 0 spiro atoms. The number of hydrogen-bond acceptors (Lipinski definition) is 2. The lowest BCUT2D eigenvalue weighted by Crippen LogP contribution is -2.30. The van der Waals surface area contributed by atoms with Gasteiger partial charge in [-0.1, -0.05) is 43.3 Å². The Morgan fingerprint density at radius 1 is 1.19 bits per heavy atom. The van der Waals surface area contributed by atoms with E-state index in [4.69, 9.17) is 5.73 Å². The van der Waals surface area contributed by atoms with E-state index < -0.39 is 0 Å². The lowest BCUT2D eigenvalue weighted by molar-refractivity contribution is 0.0788. The highest BCUT2D eigenvalue weighted by Crippen LogP contribution is 2.18. The maximum atomic E-state index is 12.4. The predicted octanol–water partition coefficient (Wildman–Crippen LogP) is 3.45. The molecule has 0 heterocycles. The summed E-state index contributed by atoms with van der Waals surface area (Å²) in [5, 5.41) is 0. The minimum Gasteiger partial charge on any atom is -0.398 e. The van der Waals surface area contributed by atoms with E-state index in [1.54, 1.807) is 11.0 Å². The number of amides is 1. The number of rotatable bonds is 4. The van der Waals surface area contributed by atoms with Crippen LogP contribution in [0.1, 0.15) is 34.3 Å². The monoisotopic (exact) mass is 282 g/mol. The van der Waals surface area contributed by atoms with Crippen molar-refractivity contribution in [2.24, 2.45) is 0 Å². The minimum atomic E-state index is 0.00415. The Hall–Kier alpha value is -2.29. The van der Waals surface area contributed by atoms with Crippen molar-refractivity contribution in [2.75, 3.05) is 19.3 Å². The van der Waals surface area contributed by atoms with Crippen LogP contribution < -0.4 is 5.73 Å². The molecule has 0 fully saturated rings. The van der Waals surface area contributed by atoms with Gasteiger partial charge in [-0.2, -0.15) is 0 Å². The maximum absolute atomic E-state index is 12.4. The molecule has 0 saturated carbocycles. The molecule has 0 saturated heterocycles. The maximum Gasteiger partial charge on any atom is 0.253 e. The summed E-state index contributed by atoms with van der Waals surface area (Å²) < 4.78 is 0. The number of carbonyl (C=O) groups is 1. The molecule has 1 atom stereocenters. The van der Waals surface area contributed by atoms with E-state index in [1.165, 1.54) is 5.56 Å². The van der Waals surface area contributed by atoms with Crippen LogP contribution in [0.5, 0.6) is 0 Å². The Bertz CT molecular complexity index is 622. The van der Waals surface area contributed by atoms with Gasteiger partial charge in [0.2, 0.25) is 0 Å². The minimum absolute atomic E-state index is 0.00415. The highest BCUT2D eigenvalue weighted by Gasteiger charge is 2.16. The van der Waals surface area contributed by atoms with E-state index in [2.05, 4.69) is 19.1 Å². The number of nitrogen functional groups attached to an aromatic ring is 1. The number of nitrogens with two attached hydrogens (primary N) is 1. The molecule has 110 valence electrons. The summed E-state index contributed by atoms with van der Waals surface area (Å²) in [4.78, 5) is 14.2. The number of likely N-dealkylation sites (N-methyl/N-ethyl adjacent to an activating group) is 1. The van der Waals surface area contributed by atoms with Crippen molar-refractivity contribution in [2.45, 2.75) is 19.8 Å². The lowest BCUT2D eigenvalue weighted by Gasteiger charge is -2.22. The van der Waals surface area contributed by atoms with Crippen LogP contribution in [-0.2, 0) is 0 Å². The zero-order chi connectivity index (χ0) is 15.4. The molecule has 0 aliphatic rings. The Morgan fingerprint density at radius 3 is 2.48 bits per heavy atom. The second kappa shape index (κ2) is 6.44. The fraction of sp³-hybridized carbons (Fsp3) is 0.278. The van der Waals surface area contributed by atoms with Crippen molar-refractivity contribution in [3.8, 4) is 0 Å². The third-order valence-corrected chi connectivity index (χ3v) is 3.79. The molecule has 1 unspecified atom stereocenters. The molecule has 0 bridgehead atoms. The predicted molar refractivity (Wildman–Crippen MR) is 87.4 cm³/mol. The molecule has 2 rings (SSSR count). The first-order valence-electron chi connectivity index (χ1n) is 7.15. The van der Waals surface area contributed by atoms with Gasteiger partial charge in [0.1, 0.15) is 0 Å². The topological polar surface area (TPSA) is 46.3 Å². The van der Waals surface area contributed by atoms with E-state index in [9.17, 15) is 4.79 Å². The number of aryl methyl sites for hydroxylation is 1. The highest BCUT2D eigenvalue weighted by molar-refractivity contribution is 5.95. The Balaban J connectivity index is 2.07. The van der Waals surface area contributed by atoms with E-state index >= 15 is 0 Å². The summed E-state index contributed by atoms with van der Waals surface area (Å²) >= 11 is 0. The van der Waals surface area contributed by atoms with Gasteiger partial charge < -0.3 is 10.6 Å². The third kappa shape index (κ3) is 3.63. The van der Waals surface area contributed by atoms with Crippen molar-refractivity contribution in [1.29, 1.82) is 0 Å². The Morgan fingerprint density at radius 2 is 1.86 bits per heavy atom. The Labute approximate surface area is 126 Å². The standard InChI is InChI=1S/C18H22N2O/c1-13-9-10-16(11-17(13)19)18(21)20(3)12-14(2)15-7-5-4-6-8-15/h4-11,14H,12,19H2,1-3H3. The molecule has 3 heteroatoms. The smallest absolute Gasteiger partial charge is 0.253 e. The van der Waals surface area contributed by atoms with Gasteiger partial charge in [-0.05, 0) is 36.1 Å². The van der Waals surface area contributed by atoms with E-state index in [0.29, 0.717) is 23.7 Å². The highest BCUT2D eigenvalue weighted by atomic mass is 16.2. The fourth-order valence-electron chi connectivity index (χ4n) is 2.37. The summed E-state index contributed by atoms with van der Waals surface area (Å²) in [5.74, 6) is 0.299. The van der Waals surface area contributed by atoms with Gasteiger partial charge >= 0.3 is 0 Å². The normalized spacial score (nSPS) is 12.0. The number of hydrogen-bond donors (Lipinski definition) is 1. The third-order valence-electron chi connectivity index (χ3n) is 3.79. The summed E-state index contributed by atoms with van der Waals surface area (Å²) in [5.41, 5.74) is 9.41. The van der Waals surface area contributed by atoms with Crippen LogP contribution in [0.4, 0.5) is 5.69 Å². The van der Waals surface area contributed by atoms with Gasteiger partial charge in [0.05, 0.1) is 0 Å². The second-order valence-electron chi connectivity index (χ2n) is 5.57. The van der Waals surface area contributed by atoms with Crippen molar-refractivity contribution < 1.29 is 4.79 Å². The molecule has 0 aliphatic heterocycles. The molecule has 0 aliphatic carbocycles. The molecular formula is C18H22N2O. The van der Waals surface area contributed by atoms with Crippen molar-refractivity contribution in [3.63, 3.8) is 0 Å². The van der Waals surface area contributed by atoms with E-state index in [1.807, 2.05) is 44.3 Å². The second-order valence-corrected chi connectivity index (χ2v) is 5.57. The van der Waals surface area contributed by atoms with Crippen LogP contribution in [0.2, 0.25) is 0 Å². The molecular weight excluding hydrogens is 260 g/mol. The van der Waals surface area contributed by atoms with Crippen molar-refractivity contribution >= 4 is 11.6 Å². The number of anilines is 1. The number of nitrogens with zero attached hydrogens (tertiary/aromatic N) is 1. The SMILES string of the molecule is Cc1ccc(C(=O)N(C)CC(C)c2ccccc2)cc1N. The molecule has 0 aromatic heterocycles. The van der Waals surface area contributed by atoms with Crippen molar-refractivity contribution in [1.82, 2.24) is 4.90 Å². The molecule has 2 N–H and O–H groups in total. The summed E-state index contributed by atoms with van der Waals surface area (Å²) in [7, 11) is 1.83. The molecule has 3 nitrogen and oxygen atoms in total. The van der Waals surface area contributed by atoms with Gasteiger partial charge in [0, 0.05) is 24.8 Å². The number of carbonyl (C=O) groups excluding carboxylic acids is 1. The average molecular weight is 282 g/mol. The molecule has 0 radical (unpaired) electrons. The average Bonchev–Trinajstić information content (AvgIpc) is 2.50. The van der Waals surface area contributed by atoms with Crippen LogP contribution in [0.15, 0.2) is 48.5 Å². The first-order valence-corrected chi connectivity index (χ1v) is 7.15. The number of benzene rings is 2. The summed E-state index contributed by atoms with van der Waals surface area (Å²) in [6.07, 6.45) is 0. The molecule has 2 aromatic carbocycles. The van der Waals surface area contributed by atoms with Crippen LogP contribution >= 0.6 is 0 Å². The fourth-order valence-corrected chi connectivity index (χ4v) is 2.37. The largest absolute Gasteiger partial charge is 0.398 e. The molecule has 21 heavy (non-hydrogen) atoms. The molecule has 1 amide bonds. The first kappa shape index (κ1) is 15.1. The Kier molecular flexibility index (Phi) is 4.63. The van der Waals surface area contributed by atoms with Crippen LogP contribution in [0.25, 0.3) is 0 Å². The quantitative estimate of drug-likeness (QED) is 0.873. The summed E-state index contributed by atoms with van der Waals surface area (Å²) in [6, 6.07) is 15.7. The summed E-state index contributed by atoms with van der Waals surface area (Å²) in [6.45, 7) is 4.74. The van der Waals surface area contributed by atoms with E-state index in [-0.39, 0.29) is 5.91 Å². The van der Waals surface area contributed by atoms with Gasteiger partial charge in [0.25, 0.3) is 5.91 Å². The zero-order valence-electron chi connectivity index (χ0n) is 12.8. The lowest BCUT2D eigenvalue weighted by atomic mass is 10.0. The van der Waals surface area contributed by atoms with Gasteiger partial charge in [-0.3, -0.25) is 4.79 Å². The molecule has 2 aromatic rings. The van der Waals surface area contributed by atoms with Gasteiger partial charge in [0.15, 0.2) is 0 Å². The van der Waals surface area contributed by atoms with Crippen LogP contribution in [-0.4, -0.2) is 24.4 Å². The van der Waals surface area contributed by atoms with Crippen molar-refractivity contribution in [3.05, 3.63) is 65.2 Å².